The topological polar surface area (TPSA) is 57.3 Å². The van der Waals surface area contributed by atoms with Gasteiger partial charge in [-0.25, -0.2) is 4.98 Å². The summed E-state index contributed by atoms with van der Waals surface area (Å²) in [5, 5.41) is 8.51. The van der Waals surface area contributed by atoms with E-state index in [-0.39, 0.29) is 30.7 Å². The average Bonchev–Trinajstić information content (AvgIpc) is 3.14. The van der Waals surface area contributed by atoms with Gasteiger partial charge in [0.25, 0.3) is 0 Å². The van der Waals surface area contributed by atoms with Gasteiger partial charge in [-0.3, -0.25) is 9.69 Å². The van der Waals surface area contributed by atoms with Gasteiger partial charge in [-0.05, 0) is 63.0 Å². The maximum atomic E-state index is 12.3. The summed E-state index contributed by atoms with van der Waals surface area (Å²) in [5.41, 5.74) is 5.04. The van der Waals surface area contributed by atoms with Crippen LogP contribution in [0.25, 0.3) is 0 Å². The van der Waals surface area contributed by atoms with E-state index in [2.05, 4.69) is 45.1 Å². The highest BCUT2D eigenvalue weighted by atomic mass is 35.5. The summed E-state index contributed by atoms with van der Waals surface area (Å²) in [6.07, 6.45) is 3.98. The molecule has 0 bridgehead atoms. The van der Waals surface area contributed by atoms with Crippen molar-refractivity contribution in [3.63, 3.8) is 0 Å². The second-order valence-electron chi connectivity index (χ2n) is 7.13. The van der Waals surface area contributed by atoms with Crippen LogP contribution < -0.4 is 10.6 Å². The number of piperidine rings is 1. The van der Waals surface area contributed by atoms with Crippen LogP contribution in [-0.4, -0.2) is 35.9 Å². The van der Waals surface area contributed by atoms with Crippen molar-refractivity contribution in [2.75, 3.05) is 25.5 Å². The van der Waals surface area contributed by atoms with Crippen LogP contribution in [0.1, 0.15) is 36.9 Å². The lowest BCUT2D eigenvalue weighted by Gasteiger charge is -2.22. The van der Waals surface area contributed by atoms with Crippen molar-refractivity contribution in [3.05, 3.63) is 46.4 Å². The van der Waals surface area contributed by atoms with E-state index in [0.29, 0.717) is 12.3 Å². The summed E-state index contributed by atoms with van der Waals surface area (Å²) in [6.45, 7) is 3.83. The van der Waals surface area contributed by atoms with Crippen molar-refractivity contribution in [3.8, 4) is 0 Å². The third kappa shape index (κ3) is 8.45. The van der Waals surface area contributed by atoms with Crippen LogP contribution in [0.2, 0.25) is 0 Å². The van der Waals surface area contributed by atoms with Gasteiger partial charge in [-0.15, -0.1) is 36.2 Å². The molecule has 1 saturated heterocycles. The predicted octanol–water partition coefficient (Wildman–Crippen LogP) is 4.34. The molecule has 1 aliphatic heterocycles. The van der Waals surface area contributed by atoms with Crippen molar-refractivity contribution in [2.45, 2.75) is 38.8 Å². The first kappa shape index (κ1) is 24.9. The molecule has 0 aliphatic carbocycles. The monoisotopic (exact) mass is 444 g/mol. The zero-order valence-electron chi connectivity index (χ0n) is 16.2. The normalized spacial score (nSPS) is 14.2. The zero-order chi connectivity index (χ0) is 18.2. The molecule has 2 heterocycles. The van der Waals surface area contributed by atoms with Gasteiger partial charge >= 0.3 is 0 Å². The molecule has 1 aliphatic rings. The molecule has 1 aromatic heterocycles. The molecule has 28 heavy (non-hydrogen) atoms. The number of carbonyl (C=O) groups is 1. The number of thiazole rings is 1. The summed E-state index contributed by atoms with van der Waals surface area (Å²) in [6, 6.07) is 8.14. The Morgan fingerprint density at radius 1 is 1.29 bits per heavy atom. The van der Waals surface area contributed by atoms with Crippen molar-refractivity contribution in [1.29, 1.82) is 0 Å². The number of hydrogen-bond acceptors (Lipinski definition) is 5. The summed E-state index contributed by atoms with van der Waals surface area (Å²) in [5.74, 6) is 0.809. The fraction of sp³-hybridized carbons (Fsp3) is 0.500. The molecule has 3 rings (SSSR count). The van der Waals surface area contributed by atoms with Crippen LogP contribution in [-0.2, 0) is 17.9 Å². The lowest BCUT2D eigenvalue weighted by atomic mass is 9.93. The maximum Gasteiger partial charge on any atom is 0.224 e. The number of anilines is 1. The Labute approximate surface area is 184 Å². The summed E-state index contributed by atoms with van der Waals surface area (Å²) < 4.78 is 0. The van der Waals surface area contributed by atoms with E-state index in [1.54, 1.807) is 11.3 Å². The number of hydrogen-bond donors (Lipinski definition) is 2. The molecule has 0 saturated carbocycles. The van der Waals surface area contributed by atoms with Crippen molar-refractivity contribution < 1.29 is 4.79 Å². The molecule has 0 radical (unpaired) electrons. The molecular formula is C20H30Cl2N4OS. The fourth-order valence-electron chi connectivity index (χ4n) is 3.44. The number of rotatable bonds is 8. The van der Waals surface area contributed by atoms with Crippen molar-refractivity contribution in [2.24, 2.45) is 5.92 Å². The summed E-state index contributed by atoms with van der Waals surface area (Å²) in [7, 11) is 2.09. The van der Waals surface area contributed by atoms with Gasteiger partial charge in [0.05, 0.1) is 11.2 Å². The van der Waals surface area contributed by atoms with E-state index in [1.165, 1.54) is 18.4 Å². The summed E-state index contributed by atoms with van der Waals surface area (Å²) >= 11 is 1.62. The second-order valence-corrected chi connectivity index (χ2v) is 7.85. The second kappa shape index (κ2) is 13.1. The van der Waals surface area contributed by atoms with Crippen LogP contribution in [0.3, 0.4) is 0 Å². The van der Waals surface area contributed by atoms with Crippen LogP contribution >= 0.6 is 36.2 Å². The van der Waals surface area contributed by atoms with Gasteiger partial charge in [-0.2, -0.15) is 0 Å². The molecule has 1 fully saturated rings. The van der Waals surface area contributed by atoms with Crippen LogP contribution in [0.4, 0.5) is 5.69 Å². The Bertz CT molecular complexity index is 693. The lowest BCUT2D eigenvalue weighted by Crippen LogP contribution is -2.28. The lowest BCUT2D eigenvalue weighted by molar-refractivity contribution is -0.116. The zero-order valence-corrected chi connectivity index (χ0v) is 18.7. The van der Waals surface area contributed by atoms with Gasteiger partial charge in [-0.1, -0.05) is 12.1 Å². The Morgan fingerprint density at radius 2 is 2.07 bits per heavy atom. The van der Waals surface area contributed by atoms with E-state index in [9.17, 15) is 4.79 Å². The highest BCUT2D eigenvalue weighted by Gasteiger charge is 2.14. The largest absolute Gasteiger partial charge is 0.326 e. The third-order valence-corrected chi connectivity index (χ3v) is 5.45. The van der Waals surface area contributed by atoms with E-state index in [0.717, 1.165) is 44.0 Å². The minimum atomic E-state index is 0. The Morgan fingerprint density at radius 3 is 2.79 bits per heavy atom. The Hall–Kier alpha value is -1.18. The number of benzene rings is 1. The van der Waals surface area contributed by atoms with E-state index >= 15 is 0 Å². The average molecular weight is 445 g/mol. The Balaban J connectivity index is 0.00000196. The number of halogens is 2. The predicted molar refractivity (Wildman–Crippen MR) is 122 cm³/mol. The minimum absolute atomic E-state index is 0. The maximum absolute atomic E-state index is 12.3. The van der Waals surface area contributed by atoms with Gasteiger partial charge in [0.2, 0.25) is 5.91 Å². The minimum Gasteiger partial charge on any atom is -0.326 e. The molecule has 2 N–H and O–H groups in total. The SMILES string of the molecule is CN(Cc1cccc(NC(=O)CCC2CCNCC2)c1)Cc1cscn1.Cl.Cl. The van der Waals surface area contributed by atoms with Crippen molar-refractivity contribution in [1.82, 2.24) is 15.2 Å². The van der Waals surface area contributed by atoms with Crippen molar-refractivity contribution >= 4 is 47.7 Å². The third-order valence-electron chi connectivity index (χ3n) is 4.82. The van der Waals surface area contributed by atoms with Gasteiger partial charge in [0, 0.05) is 30.6 Å². The number of nitrogens with one attached hydrogen (secondary N) is 2. The molecule has 0 atom stereocenters. The summed E-state index contributed by atoms with van der Waals surface area (Å²) in [4.78, 5) is 18.8. The number of carbonyl (C=O) groups excluding carboxylic acids is 1. The first-order valence-electron chi connectivity index (χ1n) is 9.34. The molecule has 5 nitrogen and oxygen atoms in total. The molecule has 2 aromatic rings. The standard InChI is InChI=1S/C20H28N4OS.2ClH/c1-24(13-19-14-26-15-22-19)12-17-3-2-4-18(11-17)23-20(25)6-5-16-7-9-21-10-8-16;;/h2-4,11,14-16,21H,5-10,12-13H2,1H3,(H,23,25);2*1H. The van der Waals surface area contributed by atoms with Gasteiger partial charge in [0.15, 0.2) is 0 Å². The van der Waals surface area contributed by atoms with Crippen LogP contribution in [0.15, 0.2) is 35.2 Å². The fourth-order valence-corrected chi connectivity index (χ4v) is 3.99. The number of amides is 1. The van der Waals surface area contributed by atoms with Gasteiger partial charge < -0.3 is 10.6 Å². The Kier molecular flexibility index (Phi) is 11.6. The quantitative estimate of drug-likeness (QED) is 0.635. The molecule has 156 valence electrons. The number of nitrogens with zero attached hydrogens (tertiary/aromatic N) is 2. The van der Waals surface area contributed by atoms with E-state index < -0.39 is 0 Å². The molecule has 1 aromatic carbocycles. The highest BCUT2D eigenvalue weighted by Crippen LogP contribution is 2.19. The van der Waals surface area contributed by atoms with E-state index in [1.807, 2.05) is 17.6 Å². The van der Waals surface area contributed by atoms with Crippen LogP contribution in [0.5, 0.6) is 0 Å². The first-order chi connectivity index (χ1) is 12.7. The number of aromatic nitrogens is 1. The highest BCUT2D eigenvalue weighted by molar-refractivity contribution is 7.07. The van der Waals surface area contributed by atoms with Crippen LogP contribution in [0, 0.1) is 5.92 Å². The molecule has 0 spiro atoms. The van der Waals surface area contributed by atoms with Gasteiger partial charge in [0.1, 0.15) is 0 Å². The van der Waals surface area contributed by atoms with E-state index in [4.69, 9.17) is 0 Å². The molecule has 0 unspecified atom stereocenters. The smallest absolute Gasteiger partial charge is 0.224 e. The molecule has 1 amide bonds. The molecule has 8 heteroatoms. The first-order valence-corrected chi connectivity index (χ1v) is 10.3. The molecular weight excluding hydrogens is 415 g/mol.